The Morgan fingerprint density at radius 1 is 1.35 bits per heavy atom. The maximum absolute atomic E-state index is 13.3. The number of methoxy groups -OCH3 is 1. The van der Waals surface area contributed by atoms with Crippen LogP contribution < -0.4 is 9.64 Å². The zero-order valence-electron chi connectivity index (χ0n) is 20.3. The number of likely N-dealkylation sites (N-methyl/N-ethyl adjacent to an activating group) is 1. The number of hydrogen-bond donors (Lipinski definition) is 2. The highest BCUT2D eigenvalue weighted by Crippen LogP contribution is 2.59. The molecule has 0 bridgehead atoms. The van der Waals surface area contributed by atoms with Gasteiger partial charge >= 0.3 is 0 Å². The van der Waals surface area contributed by atoms with Gasteiger partial charge in [0.25, 0.3) is 0 Å². The van der Waals surface area contributed by atoms with Gasteiger partial charge in [0, 0.05) is 37.5 Å². The lowest BCUT2D eigenvalue weighted by molar-refractivity contribution is -0.124. The summed E-state index contributed by atoms with van der Waals surface area (Å²) in [7, 11) is 3.43. The Morgan fingerprint density at radius 3 is 2.91 bits per heavy atom. The van der Waals surface area contributed by atoms with Gasteiger partial charge in [-0.2, -0.15) is 5.10 Å². The summed E-state index contributed by atoms with van der Waals surface area (Å²) in [4.78, 5) is 25.4. The normalized spacial score (nSPS) is 25.0. The van der Waals surface area contributed by atoms with Crippen molar-refractivity contribution in [3.8, 4) is 17.3 Å². The smallest absolute Gasteiger partial charge is 0.243 e. The minimum absolute atomic E-state index is 0.0177. The zero-order valence-corrected chi connectivity index (χ0v) is 20.3. The first-order valence-corrected chi connectivity index (χ1v) is 12.1. The van der Waals surface area contributed by atoms with E-state index in [-0.39, 0.29) is 11.9 Å². The fourth-order valence-corrected chi connectivity index (χ4v) is 5.74. The summed E-state index contributed by atoms with van der Waals surface area (Å²) in [5, 5.41) is 7.88. The van der Waals surface area contributed by atoms with Gasteiger partial charge in [0.2, 0.25) is 5.91 Å². The van der Waals surface area contributed by atoms with E-state index in [4.69, 9.17) is 14.5 Å². The van der Waals surface area contributed by atoms with E-state index in [2.05, 4.69) is 27.0 Å². The number of nitrogens with zero attached hydrogens (tertiary/aromatic N) is 4. The van der Waals surface area contributed by atoms with Crippen LogP contribution in [0.15, 0.2) is 12.1 Å². The molecule has 2 fully saturated rings. The topological polar surface area (TPSA) is 99.4 Å². The number of morpholine rings is 1. The van der Waals surface area contributed by atoms with Gasteiger partial charge < -0.3 is 19.4 Å². The number of rotatable bonds is 5. The molecule has 9 heteroatoms. The van der Waals surface area contributed by atoms with E-state index >= 15 is 0 Å². The average molecular weight is 465 g/mol. The Balaban J connectivity index is 1.31. The van der Waals surface area contributed by atoms with E-state index in [1.807, 2.05) is 19.1 Å². The fraction of sp³-hybridized carbons (Fsp3) is 0.560. The van der Waals surface area contributed by atoms with Crippen molar-refractivity contribution < 1.29 is 14.3 Å². The molecular weight excluding hydrogens is 432 g/mol. The molecule has 3 heterocycles. The number of ether oxygens (including phenoxy) is 2. The Morgan fingerprint density at radius 2 is 2.15 bits per heavy atom. The summed E-state index contributed by atoms with van der Waals surface area (Å²) in [6, 6.07) is 3.60. The molecule has 2 N–H and O–H groups in total. The number of hydrogen-bond acceptors (Lipinski definition) is 6. The number of carbonyl (C=O) groups excluding carboxylic acids is 1. The van der Waals surface area contributed by atoms with E-state index in [1.165, 1.54) is 17.7 Å². The quantitative estimate of drug-likeness (QED) is 0.602. The van der Waals surface area contributed by atoms with Crippen molar-refractivity contribution in [1.29, 1.82) is 0 Å². The molecule has 1 amide bonds. The van der Waals surface area contributed by atoms with Crippen molar-refractivity contribution in [2.24, 2.45) is 11.3 Å². The molecule has 9 nitrogen and oxygen atoms in total. The second-order valence-electron chi connectivity index (χ2n) is 10.3. The van der Waals surface area contributed by atoms with E-state index in [9.17, 15) is 4.79 Å². The first-order valence-electron chi connectivity index (χ1n) is 12.1. The standard InChI is InChI=1S/C25H32N6O3/c1-14(31-5-7-34-8-6-31)24(32)30(3)20-10-17-18(11-21(20)33-4)27-23(26-17)22-16-9-15-12-25(15,2)13-19(16)28-29-22/h10-11,14-15H,5-9,12-13H2,1-4H3,(H,26,27)(H,28,29)/t14-,15+,25+/m0/s1. The van der Waals surface area contributed by atoms with Crippen LogP contribution in [0.25, 0.3) is 22.6 Å². The number of anilines is 1. The molecule has 3 aromatic rings. The molecule has 0 radical (unpaired) electrons. The predicted molar refractivity (Wildman–Crippen MR) is 129 cm³/mol. The summed E-state index contributed by atoms with van der Waals surface area (Å²) in [6.45, 7) is 7.15. The van der Waals surface area contributed by atoms with Crippen LogP contribution in [0.1, 0.15) is 31.5 Å². The van der Waals surface area contributed by atoms with Crippen LogP contribution in [0, 0.1) is 11.3 Å². The largest absolute Gasteiger partial charge is 0.494 e. The lowest BCUT2D eigenvalue weighted by atomic mass is 9.88. The Hall–Kier alpha value is -2.91. The molecule has 1 aromatic carbocycles. The number of carbonyl (C=O) groups is 1. The molecular formula is C25H32N6O3. The predicted octanol–water partition coefficient (Wildman–Crippen LogP) is 2.77. The van der Waals surface area contributed by atoms with Gasteiger partial charge in [-0.1, -0.05) is 6.92 Å². The highest BCUT2D eigenvalue weighted by molar-refractivity contribution is 6.00. The molecule has 1 aliphatic heterocycles. The zero-order chi connectivity index (χ0) is 23.6. The number of aromatic amines is 2. The average Bonchev–Trinajstić information content (AvgIpc) is 3.15. The van der Waals surface area contributed by atoms with Gasteiger partial charge in [-0.25, -0.2) is 4.98 Å². The van der Waals surface area contributed by atoms with Gasteiger partial charge in [0.15, 0.2) is 5.82 Å². The Kier molecular flexibility index (Phi) is 4.97. The van der Waals surface area contributed by atoms with Crippen molar-refractivity contribution in [3.63, 3.8) is 0 Å². The van der Waals surface area contributed by atoms with Crippen LogP contribution >= 0.6 is 0 Å². The first kappa shape index (κ1) is 21.6. The number of nitrogens with one attached hydrogen (secondary N) is 2. The molecule has 1 saturated heterocycles. The molecule has 34 heavy (non-hydrogen) atoms. The Labute approximate surface area is 198 Å². The minimum Gasteiger partial charge on any atom is -0.494 e. The van der Waals surface area contributed by atoms with Crippen LogP contribution in [0.2, 0.25) is 0 Å². The minimum atomic E-state index is -0.243. The van der Waals surface area contributed by atoms with Crippen LogP contribution in [0.4, 0.5) is 5.69 Å². The summed E-state index contributed by atoms with van der Waals surface area (Å²) in [5.74, 6) is 2.15. The summed E-state index contributed by atoms with van der Waals surface area (Å²) < 4.78 is 11.1. The van der Waals surface area contributed by atoms with Crippen molar-refractivity contribution >= 4 is 22.6 Å². The van der Waals surface area contributed by atoms with Gasteiger partial charge in [-0.15, -0.1) is 0 Å². The second kappa shape index (κ2) is 7.81. The number of imidazole rings is 1. The van der Waals surface area contributed by atoms with Gasteiger partial charge in [-0.3, -0.25) is 14.8 Å². The molecule has 0 unspecified atom stereocenters. The molecule has 6 rings (SSSR count). The molecule has 2 aromatic heterocycles. The maximum Gasteiger partial charge on any atom is 0.243 e. The molecule has 3 aliphatic rings. The van der Waals surface area contributed by atoms with Crippen molar-refractivity contribution in [2.45, 2.75) is 39.2 Å². The summed E-state index contributed by atoms with van der Waals surface area (Å²) >= 11 is 0. The third-order valence-electron chi connectivity index (χ3n) is 8.17. The summed E-state index contributed by atoms with van der Waals surface area (Å²) in [6.07, 6.45) is 3.41. The van der Waals surface area contributed by atoms with Crippen molar-refractivity contribution in [2.75, 3.05) is 45.4 Å². The molecule has 2 aliphatic carbocycles. The fourth-order valence-electron chi connectivity index (χ4n) is 5.74. The molecule has 1 saturated carbocycles. The number of benzene rings is 1. The highest BCUT2D eigenvalue weighted by atomic mass is 16.5. The molecule has 3 atom stereocenters. The second-order valence-corrected chi connectivity index (χ2v) is 10.3. The third-order valence-corrected chi connectivity index (χ3v) is 8.17. The van der Waals surface area contributed by atoms with Gasteiger partial charge in [-0.05, 0) is 43.6 Å². The van der Waals surface area contributed by atoms with Crippen molar-refractivity contribution in [1.82, 2.24) is 25.1 Å². The van der Waals surface area contributed by atoms with E-state index < -0.39 is 0 Å². The van der Waals surface area contributed by atoms with E-state index in [0.29, 0.717) is 30.1 Å². The lowest BCUT2D eigenvalue weighted by Gasteiger charge is -2.33. The van der Waals surface area contributed by atoms with Crippen LogP contribution in [0.3, 0.4) is 0 Å². The van der Waals surface area contributed by atoms with E-state index in [1.54, 1.807) is 19.1 Å². The first-order chi connectivity index (χ1) is 16.4. The monoisotopic (exact) mass is 464 g/mol. The third kappa shape index (κ3) is 3.41. The lowest BCUT2D eigenvalue weighted by Crippen LogP contribution is -2.50. The molecule has 0 spiro atoms. The number of fused-ring (bicyclic) bond motifs is 3. The van der Waals surface area contributed by atoms with E-state index in [0.717, 1.165) is 54.4 Å². The SMILES string of the molecule is COc1cc2[nH]c(-c3n[nH]c4c3C[C@@H]3C[C@]3(C)C4)nc2cc1N(C)C(=O)[C@H](C)N1CCOCC1. The van der Waals surface area contributed by atoms with Crippen LogP contribution in [-0.4, -0.2) is 77.5 Å². The van der Waals surface area contributed by atoms with Gasteiger partial charge in [0.05, 0.1) is 43.1 Å². The number of aromatic nitrogens is 4. The maximum atomic E-state index is 13.3. The Bertz CT molecular complexity index is 1260. The highest BCUT2D eigenvalue weighted by Gasteiger charge is 2.53. The van der Waals surface area contributed by atoms with Gasteiger partial charge in [0.1, 0.15) is 11.4 Å². The number of H-pyrrole nitrogens is 2. The molecule has 180 valence electrons. The van der Waals surface area contributed by atoms with Crippen molar-refractivity contribution in [3.05, 3.63) is 23.4 Å². The van der Waals surface area contributed by atoms with Crippen LogP contribution in [-0.2, 0) is 22.4 Å². The van der Waals surface area contributed by atoms with Crippen LogP contribution in [0.5, 0.6) is 5.75 Å². The summed E-state index contributed by atoms with van der Waals surface area (Å²) in [5.41, 5.74) is 6.24. The number of amides is 1.